The first-order valence-corrected chi connectivity index (χ1v) is 13.2. The van der Waals surface area contributed by atoms with Gasteiger partial charge in [0.05, 0.1) is 24.5 Å². The van der Waals surface area contributed by atoms with Gasteiger partial charge >= 0.3 is 12.1 Å². The van der Waals surface area contributed by atoms with Crippen molar-refractivity contribution in [2.24, 2.45) is 5.10 Å². The lowest BCUT2D eigenvalue weighted by Gasteiger charge is -2.11. The van der Waals surface area contributed by atoms with Crippen molar-refractivity contribution >= 4 is 40.6 Å². The Kier molecular flexibility index (Phi) is 8.22. The third kappa shape index (κ3) is 6.39. The number of rotatable bonds is 7. The van der Waals surface area contributed by atoms with E-state index in [1.165, 1.54) is 37.6 Å². The highest BCUT2D eigenvalue weighted by atomic mass is 35.5. The van der Waals surface area contributed by atoms with Crippen LogP contribution in [-0.4, -0.2) is 30.2 Å². The Morgan fingerprint density at radius 3 is 2.49 bits per heavy atom. The lowest BCUT2D eigenvalue weighted by atomic mass is 10.0. The fourth-order valence-corrected chi connectivity index (χ4v) is 4.70. The molecule has 0 saturated heterocycles. The average molecular weight is 606 g/mol. The van der Waals surface area contributed by atoms with Crippen molar-refractivity contribution < 1.29 is 32.2 Å². The molecular formula is C32H23ClF3N3O4. The number of fused-ring (bicyclic) bond motifs is 1. The molecule has 5 rings (SSSR count). The van der Waals surface area contributed by atoms with Gasteiger partial charge in [-0.05, 0) is 67.1 Å². The molecule has 0 saturated carbocycles. The molecule has 5 aromatic rings. The fourth-order valence-electron chi connectivity index (χ4n) is 4.47. The summed E-state index contributed by atoms with van der Waals surface area (Å²) in [4.78, 5) is 29.0. The Balaban J connectivity index is 1.35. The van der Waals surface area contributed by atoms with Crippen LogP contribution in [0.1, 0.15) is 37.5 Å². The number of esters is 1. The summed E-state index contributed by atoms with van der Waals surface area (Å²) in [5.41, 5.74) is 5.14. The van der Waals surface area contributed by atoms with Crippen molar-refractivity contribution in [2.45, 2.75) is 13.1 Å². The molecule has 1 amide bonds. The number of hydrogen-bond acceptors (Lipinski definition) is 5. The predicted octanol–water partition coefficient (Wildman–Crippen LogP) is 7.81. The number of amides is 1. The number of nitrogens with one attached hydrogen (secondary N) is 2. The minimum absolute atomic E-state index is 0.0103. The minimum Gasteiger partial charge on any atom is -0.493 e. The summed E-state index contributed by atoms with van der Waals surface area (Å²) in [5.74, 6) is -1.37. The largest absolute Gasteiger partial charge is 0.493 e. The van der Waals surface area contributed by atoms with Crippen LogP contribution in [0.3, 0.4) is 0 Å². The first-order chi connectivity index (χ1) is 20.5. The van der Waals surface area contributed by atoms with E-state index in [0.717, 1.165) is 28.6 Å². The molecule has 0 fully saturated rings. The molecule has 43 heavy (non-hydrogen) atoms. The summed E-state index contributed by atoms with van der Waals surface area (Å²) < 4.78 is 49.7. The molecule has 2 N–H and O–H groups in total. The number of aryl methyl sites for hydroxylation is 1. The molecule has 0 radical (unpaired) electrons. The van der Waals surface area contributed by atoms with Crippen molar-refractivity contribution in [1.29, 1.82) is 0 Å². The number of hydrazone groups is 1. The van der Waals surface area contributed by atoms with E-state index < -0.39 is 23.6 Å². The number of carbonyl (C=O) groups excluding carboxylic acids is 2. The molecule has 1 aromatic heterocycles. The number of halogens is 4. The van der Waals surface area contributed by atoms with Gasteiger partial charge in [0.1, 0.15) is 5.69 Å². The lowest BCUT2D eigenvalue weighted by Crippen LogP contribution is -2.19. The Hall–Kier alpha value is -5.09. The van der Waals surface area contributed by atoms with Gasteiger partial charge in [0.2, 0.25) is 0 Å². The van der Waals surface area contributed by atoms with Crippen LogP contribution in [0.2, 0.25) is 5.02 Å². The molecule has 0 unspecified atom stereocenters. The Morgan fingerprint density at radius 1 is 0.953 bits per heavy atom. The first-order valence-electron chi connectivity index (χ1n) is 12.8. The molecule has 7 nitrogen and oxygen atoms in total. The van der Waals surface area contributed by atoms with Crippen molar-refractivity contribution in [3.63, 3.8) is 0 Å². The molecule has 0 atom stereocenters. The number of benzene rings is 4. The first kappa shape index (κ1) is 29.4. The third-order valence-electron chi connectivity index (χ3n) is 6.52. The average Bonchev–Trinajstić information content (AvgIpc) is 3.36. The molecule has 0 aliphatic rings. The van der Waals surface area contributed by atoms with Gasteiger partial charge in [-0.1, -0.05) is 47.5 Å². The van der Waals surface area contributed by atoms with Gasteiger partial charge < -0.3 is 14.5 Å². The number of aromatic amines is 1. The molecule has 0 spiro atoms. The molecule has 0 aliphatic heterocycles. The Morgan fingerprint density at radius 2 is 1.74 bits per heavy atom. The maximum absolute atomic E-state index is 13.3. The second-order valence-corrected chi connectivity index (χ2v) is 9.89. The highest BCUT2D eigenvalue weighted by Gasteiger charge is 2.31. The summed E-state index contributed by atoms with van der Waals surface area (Å²) in [6, 6.07) is 21.4. The minimum atomic E-state index is -4.60. The summed E-state index contributed by atoms with van der Waals surface area (Å²) in [7, 11) is 1.34. The highest BCUT2D eigenvalue weighted by Crippen LogP contribution is 2.37. The molecule has 4 aromatic carbocycles. The zero-order chi connectivity index (χ0) is 30.7. The lowest BCUT2D eigenvalue weighted by molar-refractivity contribution is -0.137. The van der Waals surface area contributed by atoms with Crippen LogP contribution in [0, 0.1) is 6.92 Å². The van der Waals surface area contributed by atoms with E-state index in [1.54, 1.807) is 6.07 Å². The molecular weight excluding hydrogens is 583 g/mol. The van der Waals surface area contributed by atoms with Gasteiger partial charge in [0.25, 0.3) is 5.91 Å². The number of ether oxygens (including phenoxy) is 2. The van der Waals surface area contributed by atoms with E-state index in [0.29, 0.717) is 27.8 Å². The number of hydrogen-bond donors (Lipinski definition) is 2. The van der Waals surface area contributed by atoms with Gasteiger partial charge in [-0.15, -0.1) is 0 Å². The van der Waals surface area contributed by atoms with Crippen LogP contribution in [0.4, 0.5) is 13.2 Å². The summed E-state index contributed by atoms with van der Waals surface area (Å²) >= 11 is 6.49. The molecule has 0 bridgehead atoms. The van der Waals surface area contributed by atoms with Gasteiger partial charge in [-0.25, -0.2) is 10.2 Å². The second kappa shape index (κ2) is 12.0. The van der Waals surface area contributed by atoms with Crippen molar-refractivity contribution in [3.05, 3.63) is 118 Å². The van der Waals surface area contributed by atoms with Gasteiger partial charge in [-0.3, -0.25) is 4.79 Å². The maximum atomic E-state index is 13.3. The quantitative estimate of drug-likeness (QED) is 0.0856. The topological polar surface area (TPSA) is 92.8 Å². The fraction of sp³-hybridized carbons (Fsp3) is 0.0938. The molecule has 11 heteroatoms. The number of carbonyl (C=O) groups is 2. The zero-order valence-corrected chi connectivity index (χ0v) is 23.5. The van der Waals surface area contributed by atoms with Crippen LogP contribution in [0.25, 0.3) is 22.0 Å². The van der Waals surface area contributed by atoms with Gasteiger partial charge in [0, 0.05) is 27.1 Å². The van der Waals surface area contributed by atoms with Gasteiger partial charge in [0.15, 0.2) is 11.5 Å². The number of nitrogens with zero attached hydrogens (tertiary/aromatic N) is 1. The molecule has 1 heterocycles. The molecule has 218 valence electrons. The van der Waals surface area contributed by atoms with E-state index in [9.17, 15) is 22.8 Å². The van der Waals surface area contributed by atoms with E-state index in [1.807, 2.05) is 43.3 Å². The van der Waals surface area contributed by atoms with Crippen molar-refractivity contribution in [2.75, 3.05) is 7.11 Å². The summed E-state index contributed by atoms with van der Waals surface area (Å²) in [6.45, 7) is 1.96. The maximum Gasteiger partial charge on any atom is 0.416 e. The van der Waals surface area contributed by atoms with E-state index in [4.69, 9.17) is 21.1 Å². The van der Waals surface area contributed by atoms with Crippen molar-refractivity contribution in [3.8, 4) is 22.6 Å². The number of H-pyrrole nitrogens is 1. The summed E-state index contributed by atoms with van der Waals surface area (Å²) in [5, 5.41) is 5.39. The standard InChI is InChI=1S/C32H23ClF3N3O4/c1-18-10-12-25-23(14-18)28(22-8-3-4-9-24(22)33)29(38-25)30(40)39-37-17-19-11-13-26(27(15-19)42-2)43-31(41)20-6-5-7-21(16-20)32(34,35)36/h3-17,38H,1-2H3,(H,39,40). The molecule has 0 aliphatic carbocycles. The number of aromatic nitrogens is 1. The predicted molar refractivity (Wildman–Crippen MR) is 158 cm³/mol. The number of alkyl halides is 3. The Bertz CT molecular complexity index is 1880. The zero-order valence-electron chi connectivity index (χ0n) is 22.8. The van der Waals surface area contributed by atoms with Crippen LogP contribution in [0.15, 0.2) is 90.0 Å². The van der Waals surface area contributed by atoms with Crippen molar-refractivity contribution in [1.82, 2.24) is 10.4 Å². The van der Waals surface area contributed by atoms with Crippen LogP contribution in [0.5, 0.6) is 11.5 Å². The van der Waals surface area contributed by atoms with Crippen LogP contribution < -0.4 is 14.9 Å². The van der Waals surface area contributed by atoms with Crippen LogP contribution >= 0.6 is 11.6 Å². The third-order valence-corrected chi connectivity index (χ3v) is 6.85. The van der Waals surface area contributed by atoms with E-state index in [2.05, 4.69) is 15.5 Å². The summed E-state index contributed by atoms with van der Waals surface area (Å²) in [6.07, 6.45) is -3.24. The Labute approximate surface area is 248 Å². The monoisotopic (exact) mass is 605 g/mol. The SMILES string of the molecule is COc1cc(C=NNC(=O)c2[nH]c3ccc(C)cc3c2-c2ccccc2Cl)ccc1OC(=O)c1cccc(C(F)(F)F)c1. The second-order valence-electron chi connectivity index (χ2n) is 9.48. The number of methoxy groups -OCH3 is 1. The van der Waals surface area contributed by atoms with E-state index >= 15 is 0 Å². The highest BCUT2D eigenvalue weighted by molar-refractivity contribution is 6.34. The normalized spacial score (nSPS) is 11.6. The van der Waals surface area contributed by atoms with E-state index in [-0.39, 0.29) is 22.8 Å². The smallest absolute Gasteiger partial charge is 0.416 e. The van der Waals surface area contributed by atoms with Crippen LogP contribution in [-0.2, 0) is 6.18 Å². The van der Waals surface area contributed by atoms with Gasteiger partial charge in [-0.2, -0.15) is 18.3 Å².